The fourth-order valence-electron chi connectivity index (χ4n) is 3.01. The first kappa shape index (κ1) is 19.8. The second-order valence-electron chi connectivity index (χ2n) is 6.91. The zero-order valence-corrected chi connectivity index (χ0v) is 17.4. The van der Waals surface area contributed by atoms with Gasteiger partial charge in [0.15, 0.2) is 5.76 Å². The van der Waals surface area contributed by atoms with Crippen LogP contribution in [-0.2, 0) is 17.9 Å². The Balaban J connectivity index is 1.64. The van der Waals surface area contributed by atoms with E-state index in [1.54, 1.807) is 17.4 Å². The van der Waals surface area contributed by atoms with E-state index < -0.39 is 0 Å². The first-order valence-corrected chi connectivity index (χ1v) is 10.2. The Morgan fingerprint density at radius 2 is 1.93 bits per heavy atom. The van der Waals surface area contributed by atoms with Crippen LogP contribution in [0.15, 0.2) is 63.9 Å². The lowest BCUT2D eigenvalue weighted by Gasteiger charge is -2.10. The highest BCUT2D eigenvalue weighted by molar-refractivity contribution is 7.15. The number of thiophene rings is 1. The van der Waals surface area contributed by atoms with Gasteiger partial charge in [0.25, 0.3) is 5.56 Å². The topological polar surface area (TPSA) is 90.0 Å². The van der Waals surface area contributed by atoms with Crippen molar-refractivity contribution in [1.29, 1.82) is 0 Å². The normalized spacial score (nSPS) is 10.9. The molecular formula is C22H20N4O3S. The number of aromatic nitrogens is 3. The van der Waals surface area contributed by atoms with Crippen LogP contribution in [0.2, 0.25) is 0 Å². The number of nitrogens with one attached hydrogen (secondary N) is 1. The van der Waals surface area contributed by atoms with E-state index in [0.29, 0.717) is 29.3 Å². The number of amides is 1. The van der Waals surface area contributed by atoms with E-state index in [9.17, 15) is 9.59 Å². The van der Waals surface area contributed by atoms with Crippen molar-refractivity contribution in [3.8, 4) is 21.9 Å². The SMILES string of the molecule is Cc1cc(-c2cc(=O)n(CC(=O)NCc3ccccc3)nc2-c2ccc(C)s2)on1. The van der Waals surface area contributed by atoms with Gasteiger partial charge in [-0.05, 0) is 31.5 Å². The molecule has 152 valence electrons. The summed E-state index contributed by atoms with van der Waals surface area (Å²) in [5.74, 6) is 0.184. The van der Waals surface area contributed by atoms with Gasteiger partial charge in [-0.15, -0.1) is 11.3 Å². The molecule has 0 radical (unpaired) electrons. The minimum atomic E-state index is -0.383. The van der Waals surface area contributed by atoms with E-state index in [1.807, 2.05) is 56.3 Å². The van der Waals surface area contributed by atoms with Gasteiger partial charge in [0.05, 0.1) is 16.1 Å². The van der Waals surface area contributed by atoms with E-state index in [1.165, 1.54) is 10.7 Å². The smallest absolute Gasteiger partial charge is 0.268 e. The molecule has 0 aliphatic carbocycles. The summed E-state index contributed by atoms with van der Waals surface area (Å²) in [4.78, 5) is 27.1. The predicted octanol–water partition coefficient (Wildman–Crippen LogP) is 3.56. The quantitative estimate of drug-likeness (QED) is 0.515. The van der Waals surface area contributed by atoms with Crippen LogP contribution in [0.25, 0.3) is 21.9 Å². The summed E-state index contributed by atoms with van der Waals surface area (Å²) in [6, 6.07) is 16.7. The summed E-state index contributed by atoms with van der Waals surface area (Å²) < 4.78 is 6.55. The molecule has 0 spiro atoms. The van der Waals surface area contributed by atoms with E-state index in [0.717, 1.165) is 15.3 Å². The second-order valence-corrected chi connectivity index (χ2v) is 8.20. The summed E-state index contributed by atoms with van der Waals surface area (Å²) in [6.07, 6.45) is 0. The zero-order valence-electron chi connectivity index (χ0n) is 16.6. The summed E-state index contributed by atoms with van der Waals surface area (Å²) in [5.41, 5.74) is 2.45. The van der Waals surface area contributed by atoms with Crippen LogP contribution in [-0.4, -0.2) is 20.8 Å². The maximum Gasteiger partial charge on any atom is 0.268 e. The number of rotatable bonds is 6. The molecule has 0 saturated carbocycles. The summed E-state index contributed by atoms with van der Waals surface area (Å²) in [6.45, 7) is 4.03. The predicted molar refractivity (Wildman–Crippen MR) is 115 cm³/mol. The number of carbonyl (C=O) groups is 1. The molecule has 0 aliphatic rings. The Labute approximate surface area is 177 Å². The molecule has 0 fully saturated rings. The standard InChI is InChI=1S/C22H20N4O3S/c1-14-10-18(29-25-14)17-11-21(28)26(24-22(17)19-9-8-15(2)30-19)13-20(27)23-12-16-6-4-3-5-7-16/h3-11H,12-13H2,1-2H3,(H,23,27). The average Bonchev–Trinajstić information content (AvgIpc) is 3.37. The van der Waals surface area contributed by atoms with Crippen LogP contribution in [0.5, 0.6) is 0 Å². The molecule has 1 N–H and O–H groups in total. The Morgan fingerprint density at radius 1 is 1.13 bits per heavy atom. The fraction of sp³-hybridized carbons (Fsp3) is 0.182. The van der Waals surface area contributed by atoms with Crippen molar-refractivity contribution in [1.82, 2.24) is 20.3 Å². The minimum Gasteiger partial charge on any atom is -0.356 e. The Bertz CT molecular complexity index is 1240. The highest BCUT2D eigenvalue weighted by Crippen LogP contribution is 2.33. The van der Waals surface area contributed by atoms with Crippen LogP contribution in [0, 0.1) is 13.8 Å². The van der Waals surface area contributed by atoms with Gasteiger partial charge >= 0.3 is 0 Å². The van der Waals surface area contributed by atoms with Crippen molar-refractivity contribution in [2.45, 2.75) is 26.9 Å². The van der Waals surface area contributed by atoms with Crippen LogP contribution in [0.4, 0.5) is 0 Å². The number of aryl methyl sites for hydroxylation is 2. The van der Waals surface area contributed by atoms with Crippen molar-refractivity contribution >= 4 is 17.2 Å². The maximum atomic E-state index is 12.7. The van der Waals surface area contributed by atoms with Crippen LogP contribution in [0.1, 0.15) is 16.1 Å². The van der Waals surface area contributed by atoms with Crippen LogP contribution < -0.4 is 10.9 Å². The van der Waals surface area contributed by atoms with Gasteiger partial charge in [-0.2, -0.15) is 5.10 Å². The molecule has 1 aromatic carbocycles. The lowest BCUT2D eigenvalue weighted by molar-refractivity contribution is -0.122. The number of carbonyl (C=O) groups excluding carboxylic acids is 1. The lowest BCUT2D eigenvalue weighted by atomic mass is 10.1. The largest absolute Gasteiger partial charge is 0.356 e. The van der Waals surface area contributed by atoms with Gasteiger partial charge in [-0.3, -0.25) is 9.59 Å². The molecule has 1 amide bonds. The molecule has 4 rings (SSSR count). The second kappa shape index (κ2) is 8.46. The summed E-state index contributed by atoms with van der Waals surface area (Å²) in [5, 5.41) is 11.2. The van der Waals surface area contributed by atoms with Crippen LogP contribution in [0.3, 0.4) is 0 Å². The first-order valence-electron chi connectivity index (χ1n) is 9.43. The van der Waals surface area contributed by atoms with Crippen molar-refractivity contribution in [2.24, 2.45) is 0 Å². The number of benzene rings is 1. The molecule has 3 aromatic heterocycles. The van der Waals surface area contributed by atoms with Gasteiger partial charge in [0.1, 0.15) is 12.2 Å². The molecule has 0 saturated heterocycles. The highest BCUT2D eigenvalue weighted by atomic mass is 32.1. The maximum absolute atomic E-state index is 12.7. The molecule has 30 heavy (non-hydrogen) atoms. The van der Waals surface area contributed by atoms with Crippen molar-refractivity contribution in [3.05, 3.63) is 81.1 Å². The molecule has 3 heterocycles. The van der Waals surface area contributed by atoms with Gasteiger partial charge in [0.2, 0.25) is 5.91 Å². The van der Waals surface area contributed by atoms with Crippen molar-refractivity contribution in [3.63, 3.8) is 0 Å². The van der Waals surface area contributed by atoms with E-state index in [-0.39, 0.29) is 18.0 Å². The third-order valence-electron chi connectivity index (χ3n) is 4.49. The summed E-state index contributed by atoms with van der Waals surface area (Å²) >= 11 is 1.56. The number of hydrogen-bond donors (Lipinski definition) is 1. The fourth-order valence-corrected chi connectivity index (χ4v) is 3.88. The number of nitrogens with zero attached hydrogens (tertiary/aromatic N) is 3. The van der Waals surface area contributed by atoms with Gasteiger partial charge in [0, 0.05) is 23.6 Å². The third kappa shape index (κ3) is 4.38. The molecule has 8 heteroatoms. The molecule has 0 bridgehead atoms. The van der Waals surface area contributed by atoms with Gasteiger partial charge in [-0.25, -0.2) is 4.68 Å². The average molecular weight is 420 g/mol. The summed E-state index contributed by atoms with van der Waals surface area (Å²) in [7, 11) is 0. The van der Waals surface area contributed by atoms with E-state index >= 15 is 0 Å². The minimum absolute atomic E-state index is 0.168. The monoisotopic (exact) mass is 420 g/mol. The Morgan fingerprint density at radius 3 is 2.60 bits per heavy atom. The number of hydrogen-bond acceptors (Lipinski definition) is 6. The molecule has 7 nitrogen and oxygen atoms in total. The molecule has 4 aromatic rings. The van der Waals surface area contributed by atoms with Gasteiger partial charge in [-0.1, -0.05) is 35.5 Å². The van der Waals surface area contributed by atoms with Crippen LogP contribution >= 0.6 is 11.3 Å². The molecule has 0 unspecified atom stereocenters. The Hall–Kier alpha value is -3.52. The van der Waals surface area contributed by atoms with E-state index in [2.05, 4.69) is 15.6 Å². The van der Waals surface area contributed by atoms with Gasteiger partial charge < -0.3 is 9.84 Å². The molecule has 0 atom stereocenters. The van der Waals surface area contributed by atoms with Crippen molar-refractivity contribution < 1.29 is 9.32 Å². The van der Waals surface area contributed by atoms with Crippen molar-refractivity contribution in [2.75, 3.05) is 0 Å². The molecule has 0 aliphatic heterocycles. The highest BCUT2D eigenvalue weighted by Gasteiger charge is 2.18. The Kier molecular flexibility index (Phi) is 5.58. The third-order valence-corrected chi connectivity index (χ3v) is 5.50. The van der Waals surface area contributed by atoms with E-state index in [4.69, 9.17) is 4.52 Å². The molecular weight excluding hydrogens is 400 g/mol. The zero-order chi connectivity index (χ0) is 21.1. The first-order chi connectivity index (χ1) is 14.5. The lowest BCUT2D eigenvalue weighted by Crippen LogP contribution is -2.33.